The third-order valence-electron chi connectivity index (χ3n) is 6.00. The molecule has 0 saturated carbocycles. The van der Waals surface area contributed by atoms with Crippen LogP contribution in [-0.4, -0.2) is 27.2 Å². The second-order valence-electron chi connectivity index (χ2n) is 7.77. The first-order valence-electron chi connectivity index (χ1n) is 10.0. The highest BCUT2D eigenvalue weighted by Gasteiger charge is 2.45. The van der Waals surface area contributed by atoms with Gasteiger partial charge in [-0.2, -0.15) is 0 Å². The van der Waals surface area contributed by atoms with Gasteiger partial charge in [-0.05, 0) is 37.6 Å². The normalized spacial score (nSPS) is 19.2. The zero-order valence-corrected chi connectivity index (χ0v) is 16.8. The summed E-state index contributed by atoms with van der Waals surface area (Å²) in [7, 11) is 0. The van der Waals surface area contributed by atoms with E-state index in [1.165, 1.54) is 0 Å². The van der Waals surface area contributed by atoms with Crippen molar-refractivity contribution < 1.29 is 14.6 Å². The van der Waals surface area contributed by atoms with Gasteiger partial charge in [-0.25, -0.2) is 9.78 Å². The van der Waals surface area contributed by atoms with E-state index in [9.17, 15) is 14.7 Å². The SMILES string of the molecule is CCNc1cc(N)cc2cc3c(nc12)-c1cc2c(c(=O)n1C3)COC(=O)[C@]2(O)CC. The van der Waals surface area contributed by atoms with Crippen LogP contribution in [0.3, 0.4) is 0 Å². The number of benzene rings is 1. The van der Waals surface area contributed by atoms with Crippen LogP contribution in [0.15, 0.2) is 29.1 Å². The maximum Gasteiger partial charge on any atom is 0.343 e. The number of aliphatic hydroxyl groups is 1. The minimum atomic E-state index is -1.83. The molecule has 3 aromatic rings. The topological polar surface area (TPSA) is 119 Å². The van der Waals surface area contributed by atoms with E-state index in [1.807, 2.05) is 25.1 Å². The molecule has 5 rings (SSSR count). The number of nitrogens with one attached hydrogen (secondary N) is 1. The number of carbonyl (C=O) groups is 1. The summed E-state index contributed by atoms with van der Waals surface area (Å²) in [5.41, 5.74) is 8.96. The van der Waals surface area contributed by atoms with Crippen LogP contribution in [-0.2, 0) is 28.3 Å². The van der Waals surface area contributed by atoms with E-state index >= 15 is 0 Å². The van der Waals surface area contributed by atoms with Crippen LogP contribution in [0.2, 0.25) is 0 Å². The Morgan fingerprint density at radius 3 is 2.80 bits per heavy atom. The van der Waals surface area contributed by atoms with Crippen molar-refractivity contribution in [2.75, 3.05) is 17.6 Å². The Morgan fingerprint density at radius 2 is 2.07 bits per heavy atom. The standard InChI is InChI=1S/C22H22N4O4/c1-3-22(29)15-8-17-19-12(9-26(17)20(27)14(15)10-30-21(22)28)5-11-6-13(23)7-16(24-4-2)18(11)25-19/h5-8,24,29H,3-4,9-10,23H2,1-2H3/t22-/m0/s1. The van der Waals surface area contributed by atoms with E-state index in [0.29, 0.717) is 41.3 Å². The Balaban J connectivity index is 1.78. The molecule has 8 heteroatoms. The van der Waals surface area contributed by atoms with Crippen LogP contribution >= 0.6 is 0 Å². The Kier molecular flexibility index (Phi) is 3.91. The largest absolute Gasteiger partial charge is 0.458 e. The fraction of sp³-hybridized carbons (Fsp3) is 0.318. The molecule has 0 saturated heterocycles. The fourth-order valence-corrected chi connectivity index (χ4v) is 4.45. The molecule has 4 heterocycles. The van der Waals surface area contributed by atoms with Gasteiger partial charge in [0.25, 0.3) is 5.56 Å². The molecule has 154 valence electrons. The predicted molar refractivity (Wildman–Crippen MR) is 113 cm³/mol. The Hall–Kier alpha value is -3.39. The quantitative estimate of drug-likeness (QED) is 0.352. The van der Waals surface area contributed by atoms with Crippen LogP contribution in [0.25, 0.3) is 22.3 Å². The number of fused-ring (bicyclic) bond motifs is 5. The van der Waals surface area contributed by atoms with Gasteiger partial charge in [0, 0.05) is 28.7 Å². The number of nitrogen functional groups attached to an aromatic ring is 1. The molecule has 4 N–H and O–H groups in total. The minimum Gasteiger partial charge on any atom is -0.458 e. The molecule has 0 aliphatic carbocycles. The van der Waals surface area contributed by atoms with E-state index < -0.39 is 11.6 Å². The second-order valence-corrected chi connectivity index (χ2v) is 7.77. The number of rotatable bonds is 3. The number of hydrogen-bond donors (Lipinski definition) is 3. The maximum absolute atomic E-state index is 13.2. The van der Waals surface area contributed by atoms with Crippen molar-refractivity contribution in [1.29, 1.82) is 0 Å². The molecule has 0 bridgehead atoms. The number of cyclic esters (lactones) is 1. The number of nitrogens with zero attached hydrogens (tertiary/aromatic N) is 2. The van der Waals surface area contributed by atoms with Crippen molar-refractivity contribution in [2.45, 2.75) is 39.0 Å². The van der Waals surface area contributed by atoms with E-state index in [0.717, 1.165) is 22.2 Å². The minimum absolute atomic E-state index is 0.115. The highest BCUT2D eigenvalue weighted by atomic mass is 16.6. The number of esters is 1. The van der Waals surface area contributed by atoms with Crippen LogP contribution < -0.4 is 16.6 Å². The smallest absolute Gasteiger partial charge is 0.343 e. The summed E-state index contributed by atoms with van der Waals surface area (Å²) in [5, 5.41) is 15.1. The lowest BCUT2D eigenvalue weighted by Crippen LogP contribution is -2.44. The average Bonchev–Trinajstić information content (AvgIpc) is 3.08. The number of anilines is 2. The Labute approximate surface area is 172 Å². The lowest BCUT2D eigenvalue weighted by molar-refractivity contribution is -0.172. The molecule has 0 spiro atoms. The first-order valence-corrected chi connectivity index (χ1v) is 10.0. The zero-order valence-electron chi connectivity index (χ0n) is 16.8. The van der Waals surface area contributed by atoms with Gasteiger partial charge < -0.3 is 25.5 Å². The molecule has 2 aliphatic heterocycles. The molecule has 0 fully saturated rings. The van der Waals surface area contributed by atoms with Crippen LogP contribution in [0.5, 0.6) is 0 Å². The Bertz CT molecular complexity index is 1300. The predicted octanol–water partition coefficient (Wildman–Crippen LogP) is 2.09. The highest BCUT2D eigenvalue weighted by Crippen LogP contribution is 2.39. The molecule has 0 amide bonds. The van der Waals surface area contributed by atoms with E-state index in [4.69, 9.17) is 15.5 Å². The molecular weight excluding hydrogens is 384 g/mol. The van der Waals surface area contributed by atoms with Gasteiger partial charge in [-0.15, -0.1) is 0 Å². The average molecular weight is 406 g/mol. The number of hydrogen-bond acceptors (Lipinski definition) is 7. The van der Waals surface area contributed by atoms with Gasteiger partial charge in [0.2, 0.25) is 0 Å². The third kappa shape index (κ3) is 2.40. The van der Waals surface area contributed by atoms with Crippen LogP contribution in [0.1, 0.15) is 37.0 Å². The van der Waals surface area contributed by atoms with Crippen molar-refractivity contribution in [3.63, 3.8) is 0 Å². The van der Waals surface area contributed by atoms with Gasteiger partial charge in [-0.3, -0.25) is 4.79 Å². The third-order valence-corrected chi connectivity index (χ3v) is 6.00. The van der Waals surface area contributed by atoms with Crippen molar-refractivity contribution in [3.05, 3.63) is 51.3 Å². The lowest BCUT2D eigenvalue weighted by atomic mass is 9.86. The first-order chi connectivity index (χ1) is 14.4. The van der Waals surface area contributed by atoms with E-state index in [1.54, 1.807) is 17.6 Å². The monoisotopic (exact) mass is 406 g/mol. The fourth-order valence-electron chi connectivity index (χ4n) is 4.45. The first kappa shape index (κ1) is 18.6. The van der Waals surface area contributed by atoms with Gasteiger partial charge in [0.05, 0.1) is 34.7 Å². The summed E-state index contributed by atoms with van der Waals surface area (Å²) in [6, 6.07) is 7.41. The van der Waals surface area contributed by atoms with Gasteiger partial charge in [-0.1, -0.05) is 6.92 Å². The molecule has 2 aromatic heterocycles. The summed E-state index contributed by atoms with van der Waals surface area (Å²) in [6.45, 7) is 4.63. The summed E-state index contributed by atoms with van der Waals surface area (Å²) in [4.78, 5) is 30.3. The number of pyridine rings is 2. The van der Waals surface area contributed by atoms with E-state index in [2.05, 4.69) is 5.32 Å². The number of ether oxygens (including phenoxy) is 1. The molecule has 1 atom stereocenters. The summed E-state index contributed by atoms with van der Waals surface area (Å²) in [6.07, 6.45) is 0.115. The van der Waals surface area contributed by atoms with Crippen molar-refractivity contribution in [1.82, 2.24) is 9.55 Å². The molecular formula is C22H22N4O4. The van der Waals surface area contributed by atoms with Crippen molar-refractivity contribution in [3.8, 4) is 11.4 Å². The van der Waals surface area contributed by atoms with Crippen LogP contribution in [0.4, 0.5) is 11.4 Å². The highest BCUT2D eigenvalue weighted by molar-refractivity contribution is 5.96. The van der Waals surface area contributed by atoms with Crippen molar-refractivity contribution >= 4 is 28.2 Å². The molecule has 0 radical (unpaired) electrons. The Morgan fingerprint density at radius 1 is 1.27 bits per heavy atom. The molecule has 0 unspecified atom stereocenters. The molecule has 30 heavy (non-hydrogen) atoms. The van der Waals surface area contributed by atoms with Gasteiger partial charge in [0.15, 0.2) is 5.60 Å². The van der Waals surface area contributed by atoms with Crippen LogP contribution in [0, 0.1) is 0 Å². The molecule has 1 aromatic carbocycles. The zero-order chi connectivity index (χ0) is 21.2. The van der Waals surface area contributed by atoms with Gasteiger partial charge in [0.1, 0.15) is 6.61 Å². The maximum atomic E-state index is 13.2. The number of aromatic nitrogens is 2. The molecule has 8 nitrogen and oxygen atoms in total. The summed E-state index contributed by atoms with van der Waals surface area (Å²) in [5.74, 6) is -0.726. The lowest BCUT2D eigenvalue weighted by Gasteiger charge is -2.31. The molecule has 2 aliphatic rings. The van der Waals surface area contributed by atoms with Crippen molar-refractivity contribution in [2.24, 2.45) is 0 Å². The van der Waals surface area contributed by atoms with E-state index in [-0.39, 0.29) is 18.6 Å². The summed E-state index contributed by atoms with van der Waals surface area (Å²) < 4.78 is 6.73. The second kappa shape index (κ2) is 6.30. The summed E-state index contributed by atoms with van der Waals surface area (Å²) >= 11 is 0. The number of carbonyl (C=O) groups excluding carboxylic acids is 1. The van der Waals surface area contributed by atoms with Gasteiger partial charge >= 0.3 is 5.97 Å². The number of nitrogens with two attached hydrogens (primary N) is 1.